The first-order valence-electron chi connectivity index (χ1n) is 5.50. The molecular formula is C13H22N2. The summed E-state index contributed by atoms with van der Waals surface area (Å²) < 4.78 is 0. The Kier molecular flexibility index (Phi) is 3.89. The standard InChI is InChI=1S/C13H22N2/c1-10-6-4-5-7-11(10)12(14)8-9-13(2,3)15/h4-7,12H,8-9,14-15H2,1-3H3. The molecule has 0 radical (unpaired) electrons. The van der Waals surface area contributed by atoms with Crippen LogP contribution >= 0.6 is 0 Å². The van der Waals surface area contributed by atoms with Gasteiger partial charge in [-0.15, -0.1) is 0 Å². The van der Waals surface area contributed by atoms with Crippen molar-refractivity contribution in [3.8, 4) is 0 Å². The number of hydrogen-bond acceptors (Lipinski definition) is 2. The number of benzene rings is 1. The van der Waals surface area contributed by atoms with Gasteiger partial charge in [-0.05, 0) is 44.7 Å². The van der Waals surface area contributed by atoms with Gasteiger partial charge >= 0.3 is 0 Å². The minimum atomic E-state index is -0.125. The molecule has 0 fully saturated rings. The summed E-state index contributed by atoms with van der Waals surface area (Å²) in [5.74, 6) is 0. The number of aryl methyl sites for hydroxylation is 1. The predicted molar refractivity (Wildman–Crippen MR) is 65.6 cm³/mol. The topological polar surface area (TPSA) is 52.0 Å². The van der Waals surface area contributed by atoms with E-state index in [1.54, 1.807) is 0 Å². The van der Waals surface area contributed by atoms with E-state index in [4.69, 9.17) is 11.5 Å². The maximum atomic E-state index is 6.15. The third-order valence-electron chi connectivity index (χ3n) is 2.69. The monoisotopic (exact) mass is 206 g/mol. The van der Waals surface area contributed by atoms with Gasteiger partial charge in [0, 0.05) is 11.6 Å². The summed E-state index contributed by atoms with van der Waals surface area (Å²) in [6, 6.07) is 8.38. The molecule has 0 aliphatic carbocycles. The van der Waals surface area contributed by atoms with Crippen LogP contribution in [-0.2, 0) is 0 Å². The van der Waals surface area contributed by atoms with Gasteiger partial charge in [-0.25, -0.2) is 0 Å². The zero-order valence-electron chi connectivity index (χ0n) is 9.96. The van der Waals surface area contributed by atoms with Crippen molar-refractivity contribution in [1.82, 2.24) is 0 Å². The minimum absolute atomic E-state index is 0.106. The van der Waals surface area contributed by atoms with Gasteiger partial charge < -0.3 is 11.5 Å². The van der Waals surface area contributed by atoms with Crippen LogP contribution in [0.3, 0.4) is 0 Å². The van der Waals surface area contributed by atoms with Crippen molar-refractivity contribution in [3.63, 3.8) is 0 Å². The highest BCUT2D eigenvalue weighted by atomic mass is 14.7. The molecule has 2 heteroatoms. The highest BCUT2D eigenvalue weighted by Gasteiger charge is 2.14. The molecule has 2 nitrogen and oxygen atoms in total. The summed E-state index contributed by atoms with van der Waals surface area (Å²) in [5, 5.41) is 0. The zero-order chi connectivity index (χ0) is 11.5. The Morgan fingerprint density at radius 3 is 2.40 bits per heavy atom. The molecule has 0 aliphatic heterocycles. The Morgan fingerprint density at radius 2 is 1.87 bits per heavy atom. The molecule has 0 spiro atoms. The maximum Gasteiger partial charge on any atom is 0.0298 e. The van der Waals surface area contributed by atoms with Crippen molar-refractivity contribution in [2.45, 2.75) is 45.2 Å². The van der Waals surface area contributed by atoms with Gasteiger partial charge in [0.2, 0.25) is 0 Å². The van der Waals surface area contributed by atoms with Crippen molar-refractivity contribution >= 4 is 0 Å². The van der Waals surface area contributed by atoms with Gasteiger partial charge in [0.15, 0.2) is 0 Å². The highest BCUT2D eigenvalue weighted by molar-refractivity contribution is 5.28. The lowest BCUT2D eigenvalue weighted by Crippen LogP contribution is -2.32. The summed E-state index contributed by atoms with van der Waals surface area (Å²) in [5.41, 5.74) is 14.5. The van der Waals surface area contributed by atoms with Crippen molar-refractivity contribution in [1.29, 1.82) is 0 Å². The van der Waals surface area contributed by atoms with Gasteiger partial charge in [-0.1, -0.05) is 24.3 Å². The zero-order valence-corrected chi connectivity index (χ0v) is 9.96. The van der Waals surface area contributed by atoms with Crippen molar-refractivity contribution in [2.75, 3.05) is 0 Å². The molecule has 1 rings (SSSR count). The first-order chi connectivity index (χ1) is 6.90. The summed E-state index contributed by atoms with van der Waals surface area (Å²) >= 11 is 0. The lowest BCUT2D eigenvalue weighted by Gasteiger charge is -2.22. The Labute approximate surface area is 92.7 Å². The van der Waals surface area contributed by atoms with Crippen LogP contribution in [0.2, 0.25) is 0 Å². The van der Waals surface area contributed by atoms with E-state index in [1.807, 2.05) is 26.0 Å². The van der Waals surface area contributed by atoms with E-state index in [9.17, 15) is 0 Å². The molecule has 1 atom stereocenters. The second-order valence-electron chi connectivity index (χ2n) is 4.99. The molecule has 0 heterocycles. The average Bonchev–Trinajstić information content (AvgIpc) is 2.14. The van der Waals surface area contributed by atoms with Crippen LogP contribution in [0.1, 0.15) is 43.9 Å². The molecule has 0 amide bonds. The van der Waals surface area contributed by atoms with Crippen molar-refractivity contribution in [2.24, 2.45) is 11.5 Å². The first kappa shape index (κ1) is 12.2. The summed E-state index contributed by atoms with van der Waals surface area (Å²) in [4.78, 5) is 0. The lowest BCUT2D eigenvalue weighted by atomic mass is 9.92. The Hall–Kier alpha value is -0.860. The van der Waals surface area contributed by atoms with E-state index in [2.05, 4.69) is 19.1 Å². The van der Waals surface area contributed by atoms with E-state index in [-0.39, 0.29) is 11.6 Å². The molecule has 0 saturated heterocycles. The fourth-order valence-corrected chi connectivity index (χ4v) is 1.69. The Balaban J connectivity index is 2.62. The molecule has 0 saturated carbocycles. The third kappa shape index (κ3) is 4.02. The quantitative estimate of drug-likeness (QED) is 0.795. The lowest BCUT2D eigenvalue weighted by molar-refractivity contribution is 0.433. The molecule has 4 N–H and O–H groups in total. The van der Waals surface area contributed by atoms with Gasteiger partial charge in [0.05, 0.1) is 0 Å². The van der Waals surface area contributed by atoms with Gasteiger partial charge in [0.25, 0.3) is 0 Å². The van der Waals surface area contributed by atoms with E-state index < -0.39 is 0 Å². The van der Waals surface area contributed by atoms with Crippen LogP contribution < -0.4 is 11.5 Å². The Bertz CT molecular complexity index is 313. The molecular weight excluding hydrogens is 184 g/mol. The fraction of sp³-hybridized carbons (Fsp3) is 0.538. The van der Waals surface area contributed by atoms with Crippen LogP contribution in [0, 0.1) is 6.92 Å². The SMILES string of the molecule is Cc1ccccc1C(N)CCC(C)(C)N. The largest absolute Gasteiger partial charge is 0.326 e. The second-order valence-corrected chi connectivity index (χ2v) is 4.99. The molecule has 84 valence electrons. The highest BCUT2D eigenvalue weighted by Crippen LogP contribution is 2.21. The molecule has 1 aromatic rings. The van der Waals surface area contributed by atoms with Crippen LogP contribution in [0.15, 0.2) is 24.3 Å². The molecule has 1 unspecified atom stereocenters. The van der Waals surface area contributed by atoms with Crippen LogP contribution in [0.25, 0.3) is 0 Å². The molecule has 0 aliphatic rings. The summed E-state index contributed by atoms with van der Waals surface area (Å²) in [6.07, 6.45) is 1.89. The Morgan fingerprint density at radius 1 is 1.27 bits per heavy atom. The molecule has 1 aromatic carbocycles. The second kappa shape index (κ2) is 4.77. The number of hydrogen-bond donors (Lipinski definition) is 2. The van der Waals surface area contributed by atoms with Crippen LogP contribution in [-0.4, -0.2) is 5.54 Å². The van der Waals surface area contributed by atoms with Crippen LogP contribution in [0.4, 0.5) is 0 Å². The predicted octanol–water partition coefficient (Wildman–Crippen LogP) is 2.51. The van der Waals surface area contributed by atoms with E-state index in [0.717, 1.165) is 12.8 Å². The van der Waals surface area contributed by atoms with Gasteiger partial charge in [0.1, 0.15) is 0 Å². The average molecular weight is 206 g/mol. The number of rotatable bonds is 4. The smallest absolute Gasteiger partial charge is 0.0298 e. The van der Waals surface area contributed by atoms with Crippen molar-refractivity contribution < 1.29 is 0 Å². The third-order valence-corrected chi connectivity index (χ3v) is 2.69. The van der Waals surface area contributed by atoms with E-state index >= 15 is 0 Å². The van der Waals surface area contributed by atoms with Gasteiger partial charge in [-0.2, -0.15) is 0 Å². The summed E-state index contributed by atoms with van der Waals surface area (Å²) in [7, 11) is 0. The number of nitrogens with two attached hydrogens (primary N) is 2. The fourth-order valence-electron chi connectivity index (χ4n) is 1.69. The van der Waals surface area contributed by atoms with E-state index in [1.165, 1.54) is 11.1 Å². The molecule has 15 heavy (non-hydrogen) atoms. The van der Waals surface area contributed by atoms with E-state index in [0.29, 0.717) is 0 Å². The molecule has 0 bridgehead atoms. The minimum Gasteiger partial charge on any atom is -0.326 e. The normalized spacial score (nSPS) is 13.9. The van der Waals surface area contributed by atoms with Crippen molar-refractivity contribution in [3.05, 3.63) is 35.4 Å². The van der Waals surface area contributed by atoms with Crippen LogP contribution in [0.5, 0.6) is 0 Å². The first-order valence-corrected chi connectivity index (χ1v) is 5.50. The molecule has 0 aromatic heterocycles. The van der Waals surface area contributed by atoms with Gasteiger partial charge in [-0.3, -0.25) is 0 Å². The maximum absolute atomic E-state index is 6.15. The summed E-state index contributed by atoms with van der Waals surface area (Å²) in [6.45, 7) is 6.18.